The van der Waals surface area contributed by atoms with Crippen LogP contribution in [0.5, 0.6) is 5.75 Å². The van der Waals surface area contributed by atoms with Crippen molar-refractivity contribution < 1.29 is 19.4 Å². The summed E-state index contributed by atoms with van der Waals surface area (Å²) >= 11 is 1.61. The molecule has 7 rings (SSSR count). The molecular formula is C33H37N3O4S. The van der Waals surface area contributed by atoms with E-state index in [0.29, 0.717) is 19.1 Å². The van der Waals surface area contributed by atoms with Crippen molar-refractivity contribution in [1.29, 1.82) is 0 Å². The molecule has 41 heavy (non-hydrogen) atoms. The number of carboxylic acid groups (broad SMARTS) is 1. The number of rotatable bonds is 7. The number of carbonyl (C=O) groups excluding carboxylic acids is 1. The van der Waals surface area contributed by atoms with Crippen LogP contribution in [-0.2, 0) is 17.8 Å². The molecule has 0 spiro atoms. The van der Waals surface area contributed by atoms with Crippen LogP contribution in [-0.4, -0.2) is 52.5 Å². The van der Waals surface area contributed by atoms with Crippen LogP contribution in [0.3, 0.4) is 0 Å². The van der Waals surface area contributed by atoms with Crippen molar-refractivity contribution in [3.8, 4) is 17.0 Å². The molecule has 2 saturated carbocycles. The average Bonchev–Trinajstić information content (AvgIpc) is 3.54. The van der Waals surface area contributed by atoms with Gasteiger partial charge in [-0.2, -0.15) is 0 Å². The first-order valence-corrected chi connectivity index (χ1v) is 15.9. The second-order valence-electron chi connectivity index (χ2n) is 12.4. The van der Waals surface area contributed by atoms with Gasteiger partial charge in [0, 0.05) is 42.2 Å². The molecule has 0 radical (unpaired) electrons. The van der Waals surface area contributed by atoms with Gasteiger partial charge in [-0.15, -0.1) is 11.3 Å². The van der Waals surface area contributed by atoms with Crippen molar-refractivity contribution >= 4 is 28.3 Å². The first kappa shape index (κ1) is 26.5. The van der Waals surface area contributed by atoms with Gasteiger partial charge >= 0.3 is 5.97 Å². The van der Waals surface area contributed by atoms with Crippen LogP contribution in [0.25, 0.3) is 11.3 Å². The van der Waals surface area contributed by atoms with Crippen LogP contribution in [0.15, 0.2) is 41.8 Å². The van der Waals surface area contributed by atoms with Gasteiger partial charge in [-0.1, -0.05) is 43.0 Å². The van der Waals surface area contributed by atoms with Crippen LogP contribution in [0.2, 0.25) is 0 Å². The normalized spacial score (nSPS) is 24.1. The molecule has 3 fully saturated rings. The van der Waals surface area contributed by atoms with Gasteiger partial charge in [0.15, 0.2) is 5.13 Å². The molecule has 3 aromatic rings. The standard InChI is InChI=1S/C33H37N3O4S/c1-21-7-10-29(27(15-21)28-20-41-32(34-28)35-14-12-33(31(38)39)17-24(33)18-35)40-19-22-8-9-26-23(16-22)11-13-36(30(26)37)25-5-3-2-4-6-25/h7-10,15-16,20,24-25H,2-6,11-14,17-19H2,1H3,(H,38,39)/t24-,33+/m0/s1. The number of nitrogens with zero attached hydrogens (tertiary/aromatic N) is 3. The van der Waals surface area contributed by atoms with E-state index in [1.54, 1.807) is 11.3 Å². The third-order valence-corrected chi connectivity index (χ3v) is 10.7. The minimum Gasteiger partial charge on any atom is -0.488 e. The smallest absolute Gasteiger partial charge is 0.310 e. The Kier molecular flexibility index (Phi) is 6.76. The summed E-state index contributed by atoms with van der Waals surface area (Å²) in [6.07, 6.45) is 8.38. The number of thiazole rings is 1. The van der Waals surface area contributed by atoms with Crippen molar-refractivity contribution in [3.05, 3.63) is 64.0 Å². The van der Waals surface area contributed by atoms with Crippen molar-refractivity contribution in [1.82, 2.24) is 9.88 Å². The number of ether oxygens (including phenoxy) is 1. The number of carboxylic acids is 1. The predicted octanol–water partition coefficient (Wildman–Crippen LogP) is 6.33. The Morgan fingerprint density at radius 1 is 1.12 bits per heavy atom. The van der Waals surface area contributed by atoms with E-state index in [1.807, 2.05) is 18.2 Å². The Labute approximate surface area is 245 Å². The highest BCUT2D eigenvalue weighted by atomic mass is 32.1. The van der Waals surface area contributed by atoms with E-state index in [4.69, 9.17) is 9.72 Å². The average molecular weight is 572 g/mol. The molecule has 4 aliphatic rings. The third kappa shape index (κ3) is 4.90. The summed E-state index contributed by atoms with van der Waals surface area (Å²) in [5.41, 5.74) is 5.53. The van der Waals surface area contributed by atoms with Crippen LogP contribution in [0.1, 0.15) is 72.0 Å². The molecule has 1 aromatic heterocycles. The van der Waals surface area contributed by atoms with E-state index in [0.717, 1.165) is 89.7 Å². The predicted molar refractivity (Wildman–Crippen MR) is 160 cm³/mol. The van der Waals surface area contributed by atoms with Gasteiger partial charge in [-0.25, -0.2) is 4.98 Å². The lowest BCUT2D eigenvalue weighted by Crippen LogP contribution is -2.45. The fourth-order valence-corrected chi connectivity index (χ4v) is 8.08. The highest BCUT2D eigenvalue weighted by molar-refractivity contribution is 7.14. The summed E-state index contributed by atoms with van der Waals surface area (Å²) in [6.45, 7) is 4.79. The molecule has 1 amide bonds. The maximum absolute atomic E-state index is 13.3. The lowest BCUT2D eigenvalue weighted by Gasteiger charge is -2.37. The third-order valence-electron chi connectivity index (χ3n) is 9.79. The van der Waals surface area contributed by atoms with E-state index in [2.05, 4.69) is 40.3 Å². The zero-order valence-electron chi connectivity index (χ0n) is 23.6. The van der Waals surface area contributed by atoms with E-state index >= 15 is 0 Å². The van der Waals surface area contributed by atoms with Crippen molar-refractivity contribution in [3.63, 3.8) is 0 Å². The van der Waals surface area contributed by atoms with Crippen LogP contribution in [0.4, 0.5) is 5.13 Å². The number of aryl methyl sites for hydroxylation is 1. The Bertz CT molecular complexity index is 1500. The second kappa shape index (κ2) is 10.5. The molecule has 7 nitrogen and oxygen atoms in total. The number of aromatic nitrogens is 1. The number of hydrogen-bond acceptors (Lipinski definition) is 6. The molecule has 8 heteroatoms. The topological polar surface area (TPSA) is 83.0 Å². The summed E-state index contributed by atoms with van der Waals surface area (Å²) in [7, 11) is 0. The number of amides is 1. The zero-order chi connectivity index (χ0) is 28.1. The maximum Gasteiger partial charge on any atom is 0.310 e. The molecule has 2 aromatic carbocycles. The molecule has 2 aliphatic carbocycles. The minimum atomic E-state index is -0.643. The van der Waals surface area contributed by atoms with Gasteiger partial charge in [0.05, 0.1) is 11.1 Å². The molecule has 0 unspecified atom stereocenters. The first-order chi connectivity index (χ1) is 19.9. The van der Waals surface area contributed by atoms with Gasteiger partial charge in [-0.05, 0) is 74.3 Å². The number of anilines is 1. The fraction of sp³-hybridized carbons (Fsp3) is 0.485. The molecular weight excluding hydrogens is 534 g/mol. The highest BCUT2D eigenvalue weighted by Crippen LogP contribution is 2.58. The number of hydrogen-bond donors (Lipinski definition) is 1. The van der Waals surface area contributed by atoms with Gasteiger partial charge < -0.3 is 19.6 Å². The fourth-order valence-electron chi connectivity index (χ4n) is 7.22. The van der Waals surface area contributed by atoms with E-state index in [1.165, 1.54) is 19.3 Å². The second-order valence-corrected chi connectivity index (χ2v) is 13.2. The SMILES string of the molecule is Cc1ccc(OCc2ccc3c(c2)CCN(C2CCCCC2)C3=O)c(-c2csc(N3CC[C@@]4(C(=O)O)C[C@H]4C3)n2)c1. The monoisotopic (exact) mass is 571 g/mol. The Morgan fingerprint density at radius 3 is 2.78 bits per heavy atom. The van der Waals surface area contributed by atoms with Crippen molar-refractivity contribution in [2.75, 3.05) is 24.5 Å². The molecule has 1 saturated heterocycles. The van der Waals surface area contributed by atoms with E-state index < -0.39 is 11.4 Å². The summed E-state index contributed by atoms with van der Waals surface area (Å²) < 4.78 is 6.38. The van der Waals surface area contributed by atoms with Gasteiger partial charge in [0.25, 0.3) is 5.91 Å². The van der Waals surface area contributed by atoms with Crippen molar-refractivity contribution in [2.24, 2.45) is 11.3 Å². The minimum absolute atomic E-state index is 0.190. The van der Waals surface area contributed by atoms with Crippen LogP contribution >= 0.6 is 11.3 Å². The summed E-state index contributed by atoms with van der Waals surface area (Å²) in [5, 5.41) is 12.6. The highest BCUT2D eigenvalue weighted by Gasteiger charge is 2.62. The van der Waals surface area contributed by atoms with E-state index in [9.17, 15) is 14.7 Å². The van der Waals surface area contributed by atoms with E-state index in [-0.39, 0.29) is 11.8 Å². The Hall–Kier alpha value is -3.39. The number of benzene rings is 2. The number of carbonyl (C=O) groups is 2. The molecule has 3 heterocycles. The lowest BCUT2D eigenvalue weighted by molar-refractivity contribution is -0.144. The van der Waals surface area contributed by atoms with Gasteiger partial charge in [0.1, 0.15) is 12.4 Å². The number of piperidine rings is 1. The molecule has 2 aliphatic heterocycles. The van der Waals surface area contributed by atoms with Crippen LogP contribution < -0.4 is 9.64 Å². The maximum atomic E-state index is 13.3. The van der Waals surface area contributed by atoms with Gasteiger partial charge in [-0.3, -0.25) is 9.59 Å². The lowest BCUT2D eigenvalue weighted by atomic mass is 9.90. The first-order valence-electron chi connectivity index (χ1n) is 15.0. The molecule has 0 bridgehead atoms. The zero-order valence-corrected chi connectivity index (χ0v) is 24.4. The number of aliphatic carboxylic acids is 1. The summed E-state index contributed by atoms with van der Waals surface area (Å²) in [5.74, 6) is 0.557. The molecule has 2 atom stereocenters. The Balaban J connectivity index is 1.04. The largest absolute Gasteiger partial charge is 0.488 e. The molecule has 214 valence electrons. The Morgan fingerprint density at radius 2 is 1.98 bits per heavy atom. The van der Waals surface area contributed by atoms with Crippen LogP contribution in [0, 0.1) is 18.3 Å². The quantitative estimate of drug-likeness (QED) is 0.357. The molecule has 1 N–H and O–H groups in total. The summed E-state index contributed by atoms with van der Waals surface area (Å²) in [4.78, 5) is 34.3. The van der Waals surface area contributed by atoms with Gasteiger partial charge in [0.2, 0.25) is 0 Å². The van der Waals surface area contributed by atoms with Crippen molar-refractivity contribution in [2.45, 2.75) is 70.9 Å². The number of fused-ring (bicyclic) bond motifs is 2. The summed E-state index contributed by atoms with van der Waals surface area (Å²) in [6, 6.07) is 12.8.